The molecule has 0 aliphatic heterocycles. The van der Waals surface area contributed by atoms with Crippen LogP contribution in [0.25, 0.3) is 0 Å². The van der Waals surface area contributed by atoms with E-state index in [0.29, 0.717) is 16.8 Å². The van der Waals surface area contributed by atoms with Gasteiger partial charge in [-0.25, -0.2) is 4.98 Å². The Kier molecular flexibility index (Phi) is 5.87. The van der Waals surface area contributed by atoms with Gasteiger partial charge in [-0.1, -0.05) is 46.8 Å². The molecule has 124 valence electrons. The Labute approximate surface area is 146 Å². The highest BCUT2D eigenvalue weighted by molar-refractivity contribution is 7.99. The highest BCUT2D eigenvalue weighted by atomic mass is 32.2. The number of carbonyl (C=O) groups is 1. The van der Waals surface area contributed by atoms with Gasteiger partial charge in [-0.2, -0.15) is 0 Å². The van der Waals surface area contributed by atoms with Gasteiger partial charge in [0.05, 0.1) is 12.1 Å². The van der Waals surface area contributed by atoms with Crippen LogP contribution in [-0.2, 0) is 16.6 Å². The maximum Gasteiger partial charge on any atom is 0.230 e. The number of hydrogen-bond donors (Lipinski definition) is 1. The summed E-state index contributed by atoms with van der Waals surface area (Å²) >= 11 is 3.30. The molecule has 0 saturated heterocycles. The van der Waals surface area contributed by atoms with Crippen LogP contribution in [0.5, 0.6) is 0 Å². The molecule has 23 heavy (non-hydrogen) atoms. The van der Waals surface area contributed by atoms with Gasteiger partial charge in [0.15, 0.2) is 5.13 Å². The molecule has 1 aromatic carbocycles. The number of thioether (sulfide) groups is 1. The quantitative estimate of drug-likeness (QED) is 0.762. The van der Waals surface area contributed by atoms with Gasteiger partial charge in [0.25, 0.3) is 0 Å². The van der Waals surface area contributed by atoms with Crippen molar-refractivity contribution in [2.75, 3.05) is 5.32 Å². The summed E-state index contributed by atoms with van der Waals surface area (Å²) < 4.78 is 0. The van der Waals surface area contributed by atoms with Crippen molar-refractivity contribution in [1.82, 2.24) is 4.98 Å². The zero-order chi connectivity index (χ0) is 17.0. The van der Waals surface area contributed by atoms with Crippen LogP contribution in [0.3, 0.4) is 0 Å². The Hall–Kier alpha value is -1.33. The molecule has 2 aromatic rings. The number of thiazole rings is 1. The van der Waals surface area contributed by atoms with Gasteiger partial charge in [-0.15, -0.1) is 23.1 Å². The Morgan fingerprint density at radius 3 is 2.43 bits per heavy atom. The van der Waals surface area contributed by atoms with E-state index in [1.54, 1.807) is 0 Å². The summed E-state index contributed by atoms with van der Waals surface area (Å²) in [5, 5.41) is 6.13. The maximum absolute atomic E-state index is 12.2. The number of amides is 1. The van der Waals surface area contributed by atoms with Crippen LogP contribution in [0.2, 0.25) is 0 Å². The molecule has 0 atom stereocenters. The van der Waals surface area contributed by atoms with Crippen LogP contribution in [0.1, 0.15) is 45.9 Å². The number of aromatic nitrogens is 1. The van der Waals surface area contributed by atoms with Crippen LogP contribution in [0.4, 0.5) is 5.13 Å². The summed E-state index contributed by atoms with van der Waals surface area (Å²) in [5.74, 6) is -0.0240. The predicted octanol–water partition coefficient (Wildman–Crippen LogP) is 5.12. The minimum atomic E-state index is -0.0240. The van der Waals surface area contributed by atoms with Crippen LogP contribution < -0.4 is 5.32 Å². The molecule has 0 spiro atoms. The van der Waals surface area contributed by atoms with E-state index in [9.17, 15) is 4.79 Å². The second kappa shape index (κ2) is 7.49. The smallest absolute Gasteiger partial charge is 0.230 e. The summed E-state index contributed by atoms with van der Waals surface area (Å²) in [5.41, 5.74) is 2.03. The largest absolute Gasteiger partial charge is 0.302 e. The molecule has 5 heteroatoms. The van der Waals surface area contributed by atoms with Crippen LogP contribution >= 0.6 is 23.1 Å². The molecule has 0 radical (unpaired) electrons. The first-order chi connectivity index (χ1) is 10.7. The number of hydrogen-bond acceptors (Lipinski definition) is 4. The van der Waals surface area contributed by atoms with E-state index < -0.39 is 0 Å². The Bertz CT molecular complexity index is 654. The number of nitrogens with one attached hydrogen (secondary N) is 1. The molecule has 1 amide bonds. The first-order valence-electron chi connectivity index (χ1n) is 7.75. The fourth-order valence-corrected chi connectivity index (χ4v) is 3.77. The van der Waals surface area contributed by atoms with Crippen LogP contribution in [0.15, 0.2) is 34.5 Å². The van der Waals surface area contributed by atoms with Crippen molar-refractivity contribution < 1.29 is 4.79 Å². The number of rotatable bonds is 5. The molecule has 1 N–H and O–H groups in total. The lowest BCUT2D eigenvalue weighted by Crippen LogP contribution is -2.15. The topological polar surface area (TPSA) is 42.0 Å². The first kappa shape index (κ1) is 18.0. The SMILES string of the molecule is CC(C)Sc1ccc(CC(=O)Nc2nc(C(C)(C)C)cs2)cc1. The maximum atomic E-state index is 12.2. The van der Waals surface area contributed by atoms with E-state index in [2.05, 4.69) is 57.1 Å². The average molecular weight is 349 g/mol. The standard InChI is InChI=1S/C18H24N2OS2/c1-12(2)23-14-8-6-13(7-9-14)10-16(21)20-17-19-15(11-22-17)18(3,4)5/h6-9,11-12H,10H2,1-5H3,(H,19,20,21). The minimum absolute atomic E-state index is 0.00336. The van der Waals surface area contributed by atoms with Crippen LogP contribution in [-0.4, -0.2) is 16.1 Å². The Morgan fingerprint density at radius 1 is 1.26 bits per heavy atom. The molecular weight excluding hydrogens is 324 g/mol. The van der Waals surface area contributed by atoms with Gasteiger partial charge in [0.2, 0.25) is 5.91 Å². The van der Waals surface area contributed by atoms with Crippen molar-refractivity contribution in [2.45, 2.75) is 56.6 Å². The molecule has 0 aliphatic carbocycles. The molecule has 0 fully saturated rings. The molecule has 3 nitrogen and oxygen atoms in total. The Balaban J connectivity index is 1.93. The lowest BCUT2D eigenvalue weighted by molar-refractivity contribution is -0.115. The number of nitrogens with zero attached hydrogens (tertiary/aromatic N) is 1. The molecule has 1 aromatic heterocycles. The third-order valence-electron chi connectivity index (χ3n) is 3.18. The highest BCUT2D eigenvalue weighted by Gasteiger charge is 2.18. The molecule has 1 heterocycles. The zero-order valence-corrected chi connectivity index (χ0v) is 16.0. The van der Waals surface area contributed by atoms with E-state index in [1.807, 2.05) is 29.3 Å². The van der Waals surface area contributed by atoms with Crippen LogP contribution in [0, 0.1) is 0 Å². The van der Waals surface area contributed by atoms with Gasteiger partial charge in [-0.3, -0.25) is 4.79 Å². The van der Waals surface area contributed by atoms with E-state index in [1.165, 1.54) is 16.2 Å². The monoisotopic (exact) mass is 348 g/mol. The van der Waals surface area contributed by atoms with Gasteiger partial charge >= 0.3 is 0 Å². The summed E-state index contributed by atoms with van der Waals surface area (Å²) in [6.07, 6.45) is 0.372. The Morgan fingerprint density at radius 2 is 1.91 bits per heavy atom. The normalized spacial score (nSPS) is 11.7. The van der Waals surface area contributed by atoms with E-state index in [0.717, 1.165) is 11.3 Å². The van der Waals surface area contributed by atoms with Crippen molar-refractivity contribution in [1.29, 1.82) is 0 Å². The van der Waals surface area contributed by atoms with E-state index >= 15 is 0 Å². The molecule has 0 unspecified atom stereocenters. The van der Waals surface area contributed by atoms with Gasteiger partial charge in [0, 0.05) is 20.9 Å². The fraction of sp³-hybridized carbons (Fsp3) is 0.444. The lowest BCUT2D eigenvalue weighted by atomic mass is 9.93. The van der Waals surface area contributed by atoms with Gasteiger partial charge in [-0.05, 0) is 17.7 Å². The van der Waals surface area contributed by atoms with E-state index in [4.69, 9.17) is 0 Å². The molecule has 0 bridgehead atoms. The zero-order valence-electron chi connectivity index (χ0n) is 14.3. The minimum Gasteiger partial charge on any atom is -0.302 e. The predicted molar refractivity (Wildman–Crippen MR) is 101 cm³/mol. The fourth-order valence-electron chi connectivity index (χ4n) is 1.98. The lowest BCUT2D eigenvalue weighted by Gasteiger charge is -2.14. The van der Waals surface area contributed by atoms with Crippen molar-refractivity contribution in [3.8, 4) is 0 Å². The van der Waals surface area contributed by atoms with Crippen molar-refractivity contribution in [3.63, 3.8) is 0 Å². The molecule has 0 saturated carbocycles. The second-order valence-electron chi connectivity index (χ2n) is 6.82. The summed E-state index contributed by atoms with van der Waals surface area (Å²) in [6, 6.07) is 8.20. The molecule has 0 aliphatic rings. The summed E-state index contributed by atoms with van der Waals surface area (Å²) in [6.45, 7) is 10.7. The van der Waals surface area contributed by atoms with E-state index in [-0.39, 0.29) is 11.3 Å². The molecule has 2 rings (SSSR count). The third-order valence-corrected chi connectivity index (χ3v) is 4.95. The molecular formula is C18H24N2OS2. The third kappa shape index (κ3) is 5.66. The highest BCUT2D eigenvalue weighted by Crippen LogP contribution is 2.26. The first-order valence-corrected chi connectivity index (χ1v) is 9.51. The van der Waals surface area contributed by atoms with Crippen molar-refractivity contribution in [3.05, 3.63) is 40.9 Å². The van der Waals surface area contributed by atoms with Gasteiger partial charge in [0.1, 0.15) is 0 Å². The summed E-state index contributed by atoms with van der Waals surface area (Å²) in [4.78, 5) is 17.9. The number of benzene rings is 1. The van der Waals surface area contributed by atoms with Gasteiger partial charge < -0.3 is 5.32 Å². The van der Waals surface area contributed by atoms with Crippen molar-refractivity contribution >= 4 is 34.1 Å². The second-order valence-corrected chi connectivity index (χ2v) is 9.33. The van der Waals surface area contributed by atoms with Crippen molar-refractivity contribution in [2.24, 2.45) is 0 Å². The number of anilines is 1. The average Bonchev–Trinajstić information content (AvgIpc) is 2.89. The number of carbonyl (C=O) groups excluding carboxylic acids is 1. The summed E-state index contributed by atoms with van der Waals surface area (Å²) in [7, 11) is 0.